The van der Waals surface area contributed by atoms with Crippen molar-refractivity contribution in [2.24, 2.45) is 0 Å². The first kappa shape index (κ1) is 16.3. The van der Waals surface area contributed by atoms with Crippen LogP contribution in [-0.2, 0) is 0 Å². The van der Waals surface area contributed by atoms with E-state index in [2.05, 4.69) is 110 Å². The van der Waals surface area contributed by atoms with Crippen LogP contribution in [0.2, 0.25) is 0 Å². The zero-order chi connectivity index (χ0) is 19.4. The number of rotatable bonds is 1. The minimum Gasteiger partial charge on any atom is -0.0616 e. The second kappa shape index (κ2) is 6.18. The quantitative estimate of drug-likeness (QED) is 0.256. The van der Waals surface area contributed by atoms with Gasteiger partial charge in [-0.2, -0.15) is 0 Å². The Hall–Kier alpha value is -3.64. The van der Waals surface area contributed by atoms with Crippen LogP contribution in [0.3, 0.4) is 0 Å². The highest BCUT2D eigenvalue weighted by Gasteiger charge is 2.11. The van der Waals surface area contributed by atoms with Crippen molar-refractivity contribution in [3.05, 3.63) is 109 Å². The van der Waals surface area contributed by atoms with Crippen molar-refractivity contribution in [3.63, 3.8) is 0 Å². The van der Waals surface area contributed by atoms with Gasteiger partial charge in [0.25, 0.3) is 0 Å². The highest BCUT2D eigenvalue weighted by atomic mass is 14.1. The molecule has 0 heterocycles. The van der Waals surface area contributed by atoms with Crippen LogP contribution in [0.15, 0.2) is 103 Å². The Balaban J connectivity index is 1.73. The Morgan fingerprint density at radius 1 is 0.379 bits per heavy atom. The normalized spacial score (nSPS) is 11.6. The molecule has 0 aromatic heterocycles. The first-order valence-corrected chi connectivity index (χ1v) is 10.1. The maximum Gasteiger partial charge on any atom is -0.00961 e. The first-order chi connectivity index (χ1) is 14.3. The van der Waals surface area contributed by atoms with E-state index >= 15 is 0 Å². The van der Waals surface area contributed by atoms with Crippen molar-refractivity contribution < 1.29 is 0 Å². The molecule has 0 aliphatic carbocycles. The number of aryl methyl sites for hydroxylation is 1. The Kier molecular flexibility index (Phi) is 3.48. The summed E-state index contributed by atoms with van der Waals surface area (Å²) in [6.45, 7) is 2.21. The van der Waals surface area contributed by atoms with Gasteiger partial charge in [-0.25, -0.2) is 0 Å². The molecule has 6 aromatic carbocycles. The van der Waals surface area contributed by atoms with Crippen LogP contribution in [0.25, 0.3) is 54.2 Å². The summed E-state index contributed by atoms with van der Waals surface area (Å²) < 4.78 is 0. The lowest BCUT2D eigenvalue weighted by atomic mass is 9.90. The van der Waals surface area contributed by atoms with E-state index < -0.39 is 0 Å². The van der Waals surface area contributed by atoms with Crippen molar-refractivity contribution in [2.45, 2.75) is 6.92 Å². The molecule has 0 N–H and O–H groups in total. The fraction of sp³-hybridized carbons (Fsp3) is 0.0345. The molecular weight excluding hydrogens is 348 g/mol. The molecule has 0 saturated carbocycles. The van der Waals surface area contributed by atoms with Crippen LogP contribution in [0, 0.1) is 6.92 Å². The third-order valence-corrected chi connectivity index (χ3v) is 6.14. The Morgan fingerprint density at radius 2 is 0.897 bits per heavy atom. The standard InChI is InChI=1S/C29H20/c1-19-13-14-26(29-18-23-10-5-4-8-21(23)16-27(19)29)25-12-6-11-24-15-20-7-2-3-9-22(20)17-28(24)25/h2-18H,1H3. The van der Waals surface area contributed by atoms with E-state index in [-0.39, 0.29) is 0 Å². The summed E-state index contributed by atoms with van der Waals surface area (Å²) in [5.41, 5.74) is 3.92. The molecule has 0 saturated heterocycles. The highest BCUT2D eigenvalue weighted by molar-refractivity contribution is 6.12. The van der Waals surface area contributed by atoms with Gasteiger partial charge < -0.3 is 0 Å². The molecule has 0 spiro atoms. The molecular formula is C29H20. The van der Waals surface area contributed by atoms with Crippen LogP contribution < -0.4 is 0 Å². The summed E-state index contributed by atoms with van der Waals surface area (Å²) in [6.07, 6.45) is 0. The summed E-state index contributed by atoms with van der Waals surface area (Å²) in [5, 5.41) is 10.4. The maximum absolute atomic E-state index is 2.35. The minimum atomic E-state index is 1.29. The van der Waals surface area contributed by atoms with E-state index in [1.807, 2.05) is 0 Å². The van der Waals surface area contributed by atoms with Gasteiger partial charge in [0, 0.05) is 0 Å². The van der Waals surface area contributed by atoms with Crippen molar-refractivity contribution in [1.82, 2.24) is 0 Å². The van der Waals surface area contributed by atoms with Gasteiger partial charge in [-0.15, -0.1) is 0 Å². The molecule has 0 amide bonds. The molecule has 29 heavy (non-hydrogen) atoms. The molecule has 0 heteroatoms. The molecule has 0 fully saturated rings. The van der Waals surface area contributed by atoms with Gasteiger partial charge in [0.1, 0.15) is 0 Å². The summed E-state index contributed by atoms with van der Waals surface area (Å²) in [5.74, 6) is 0. The second-order valence-electron chi connectivity index (χ2n) is 7.90. The van der Waals surface area contributed by atoms with Gasteiger partial charge in [-0.05, 0) is 91.0 Å². The minimum absolute atomic E-state index is 1.29. The third-order valence-electron chi connectivity index (χ3n) is 6.14. The largest absolute Gasteiger partial charge is 0.0616 e. The van der Waals surface area contributed by atoms with Crippen LogP contribution >= 0.6 is 0 Å². The summed E-state index contributed by atoms with van der Waals surface area (Å²) >= 11 is 0. The first-order valence-electron chi connectivity index (χ1n) is 10.1. The number of hydrogen-bond donors (Lipinski definition) is 0. The average Bonchev–Trinajstić information content (AvgIpc) is 2.77. The van der Waals surface area contributed by atoms with E-state index in [4.69, 9.17) is 0 Å². The molecule has 6 aromatic rings. The van der Waals surface area contributed by atoms with Gasteiger partial charge in [0.15, 0.2) is 0 Å². The third kappa shape index (κ3) is 2.53. The van der Waals surface area contributed by atoms with Crippen LogP contribution in [0.5, 0.6) is 0 Å². The van der Waals surface area contributed by atoms with Crippen LogP contribution in [0.4, 0.5) is 0 Å². The highest BCUT2D eigenvalue weighted by Crippen LogP contribution is 2.38. The number of fused-ring (bicyclic) bond motifs is 4. The summed E-state index contributed by atoms with van der Waals surface area (Å²) in [7, 11) is 0. The van der Waals surface area contributed by atoms with Gasteiger partial charge in [-0.3, -0.25) is 0 Å². The Morgan fingerprint density at radius 3 is 1.59 bits per heavy atom. The van der Waals surface area contributed by atoms with Crippen molar-refractivity contribution in [1.29, 1.82) is 0 Å². The Labute approximate surface area is 170 Å². The Bertz CT molecular complexity index is 1550. The fourth-order valence-corrected chi connectivity index (χ4v) is 4.61. The smallest absolute Gasteiger partial charge is 0.00961 e. The second-order valence-corrected chi connectivity index (χ2v) is 7.90. The van der Waals surface area contributed by atoms with E-state index in [9.17, 15) is 0 Å². The lowest BCUT2D eigenvalue weighted by Gasteiger charge is -2.14. The topological polar surface area (TPSA) is 0 Å². The predicted molar refractivity (Wildman–Crippen MR) is 127 cm³/mol. The van der Waals surface area contributed by atoms with Crippen molar-refractivity contribution in [3.8, 4) is 11.1 Å². The molecule has 0 atom stereocenters. The molecule has 0 bridgehead atoms. The van der Waals surface area contributed by atoms with Gasteiger partial charge in [0.05, 0.1) is 0 Å². The molecule has 0 unspecified atom stereocenters. The zero-order valence-corrected chi connectivity index (χ0v) is 16.3. The summed E-state index contributed by atoms with van der Waals surface area (Å²) in [4.78, 5) is 0. The average molecular weight is 368 g/mol. The van der Waals surface area contributed by atoms with Crippen LogP contribution in [0.1, 0.15) is 5.56 Å². The summed E-state index contributed by atoms with van der Waals surface area (Å²) in [6, 6.07) is 37.8. The molecule has 0 radical (unpaired) electrons. The molecule has 0 aliphatic rings. The van der Waals surface area contributed by atoms with Gasteiger partial charge in [0.2, 0.25) is 0 Å². The van der Waals surface area contributed by atoms with Gasteiger partial charge >= 0.3 is 0 Å². The molecule has 136 valence electrons. The lowest BCUT2D eigenvalue weighted by Crippen LogP contribution is -1.88. The zero-order valence-electron chi connectivity index (χ0n) is 16.3. The van der Waals surface area contributed by atoms with E-state index in [1.54, 1.807) is 0 Å². The van der Waals surface area contributed by atoms with Crippen molar-refractivity contribution in [2.75, 3.05) is 0 Å². The number of hydrogen-bond acceptors (Lipinski definition) is 0. The van der Waals surface area contributed by atoms with E-state index in [0.29, 0.717) is 0 Å². The number of benzene rings is 6. The van der Waals surface area contributed by atoms with Crippen LogP contribution in [-0.4, -0.2) is 0 Å². The van der Waals surface area contributed by atoms with E-state index in [1.165, 1.54) is 59.8 Å². The monoisotopic (exact) mass is 368 g/mol. The SMILES string of the molecule is Cc1ccc(-c2cccc3cc4ccccc4cc23)c2cc3ccccc3cc12. The lowest BCUT2D eigenvalue weighted by molar-refractivity contribution is 1.53. The van der Waals surface area contributed by atoms with Crippen molar-refractivity contribution >= 4 is 43.1 Å². The molecule has 0 nitrogen and oxygen atoms in total. The maximum atomic E-state index is 2.35. The van der Waals surface area contributed by atoms with E-state index in [0.717, 1.165) is 0 Å². The predicted octanol–water partition coefficient (Wildman–Crippen LogP) is 8.27. The molecule has 6 rings (SSSR count). The molecule has 0 aliphatic heterocycles. The van der Waals surface area contributed by atoms with Gasteiger partial charge in [-0.1, -0.05) is 78.9 Å². The fourth-order valence-electron chi connectivity index (χ4n) is 4.61.